The van der Waals surface area contributed by atoms with E-state index >= 15 is 0 Å². The van der Waals surface area contributed by atoms with E-state index in [2.05, 4.69) is 72.2 Å². The summed E-state index contributed by atoms with van der Waals surface area (Å²) in [6.45, 7) is 26.9. The summed E-state index contributed by atoms with van der Waals surface area (Å²) in [5.41, 5.74) is 0. The maximum Gasteiger partial charge on any atom is 0.320 e. The molecule has 0 bridgehead atoms. The van der Waals surface area contributed by atoms with Crippen LogP contribution in [0.25, 0.3) is 0 Å². The highest BCUT2D eigenvalue weighted by atomic mass is 16.7. The maximum atomic E-state index is 13.2. The Morgan fingerprint density at radius 2 is 0.708 bits per heavy atom. The maximum absolute atomic E-state index is 13.2. The monoisotopic (exact) mass is 1600 g/mol. The van der Waals surface area contributed by atoms with Crippen molar-refractivity contribution in [1.29, 1.82) is 0 Å². The van der Waals surface area contributed by atoms with Gasteiger partial charge < -0.3 is 38.1 Å². The summed E-state index contributed by atoms with van der Waals surface area (Å²) in [5.74, 6) is 2.96. The van der Waals surface area contributed by atoms with Gasteiger partial charge in [-0.2, -0.15) is 0 Å². The largest absolute Gasteiger partial charge is 0.466 e. The molecule has 0 aliphatic carbocycles. The number of piperazine rings is 1. The van der Waals surface area contributed by atoms with Crippen LogP contribution in [0, 0.1) is 35.5 Å². The van der Waals surface area contributed by atoms with Crippen LogP contribution in [0.1, 0.15) is 453 Å². The number of hydrogen-bond acceptors (Lipinski definition) is 15. The molecule has 0 radical (unpaired) electrons. The van der Waals surface area contributed by atoms with Gasteiger partial charge in [-0.1, -0.05) is 319 Å². The predicted octanol–water partition coefficient (Wildman–Crippen LogP) is 26.0. The zero-order chi connectivity index (χ0) is 82.3. The van der Waals surface area contributed by atoms with E-state index in [0.29, 0.717) is 94.2 Å². The number of esters is 5. The number of rotatable bonds is 82. The first-order valence-corrected chi connectivity index (χ1v) is 49.2. The molecule has 7 unspecified atom stereocenters. The van der Waals surface area contributed by atoms with Crippen molar-refractivity contribution >= 4 is 29.8 Å². The molecule has 2 aliphatic rings. The Kier molecular flexibility index (Phi) is 69.8. The van der Waals surface area contributed by atoms with Crippen molar-refractivity contribution in [3.63, 3.8) is 0 Å². The molecule has 2 fully saturated rings. The Bertz CT molecular complexity index is 2180. The quantitative estimate of drug-likeness (QED) is 0.0321. The van der Waals surface area contributed by atoms with Gasteiger partial charge in [0.05, 0.1) is 45.7 Å². The summed E-state index contributed by atoms with van der Waals surface area (Å²) in [6.07, 6.45) is 67.4. The molecule has 0 aromatic heterocycles. The van der Waals surface area contributed by atoms with Crippen LogP contribution < -0.4 is 0 Å². The van der Waals surface area contributed by atoms with Gasteiger partial charge in [-0.15, -0.1) is 0 Å². The van der Waals surface area contributed by atoms with Crippen molar-refractivity contribution in [1.82, 2.24) is 14.7 Å². The Labute approximate surface area is 698 Å². The van der Waals surface area contributed by atoms with Crippen LogP contribution in [0.4, 0.5) is 0 Å². The summed E-state index contributed by atoms with van der Waals surface area (Å²) < 4.78 is 43.0. The van der Waals surface area contributed by atoms with Crippen LogP contribution in [-0.4, -0.2) is 156 Å². The highest BCUT2D eigenvalue weighted by Gasteiger charge is 2.41. The van der Waals surface area contributed by atoms with Gasteiger partial charge in [0.15, 0.2) is 5.79 Å². The minimum atomic E-state index is -0.515. The number of carbonyl (C=O) groups is 5. The summed E-state index contributed by atoms with van der Waals surface area (Å²) in [7, 11) is 6.00. The Hall–Kier alpha value is -2.85. The lowest BCUT2D eigenvalue weighted by atomic mass is 9.77. The number of unbranched alkanes of at least 4 members (excludes halogenated alkanes) is 28. The number of likely N-dealkylation sites (N-methyl/N-ethyl adjacent to an activating group) is 2. The predicted molar refractivity (Wildman–Crippen MR) is 472 cm³/mol. The van der Waals surface area contributed by atoms with E-state index in [9.17, 15) is 24.0 Å². The van der Waals surface area contributed by atoms with Gasteiger partial charge >= 0.3 is 29.8 Å². The third-order valence-corrected chi connectivity index (χ3v) is 25.2. The first-order chi connectivity index (χ1) is 55.0. The van der Waals surface area contributed by atoms with Gasteiger partial charge in [-0.25, -0.2) is 0 Å². The molecule has 15 heteroatoms. The molecule has 2 aliphatic heterocycles. The lowest BCUT2D eigenvalue weighted by Crippen LogP contribution is -2.47. The lowest BCUT2D eigenvalue weighted by Gasteiger charge is -2.34. The zero-order valence-corrected chi connectivity index (χ0v) is 76.5. The van der Waals surface area contributed by atoms with E-state index in [1.165, 1.54) is 193 Å². The Morgan fingerprint density at radius 1 is 0.372 bits per heavy atom. The highest BCUT2D eigenvalue weighted by Crippen LogP contribution is 2.37. The molecule has 0 aromatic rings. The number of carbonyl (C=O) groups excluding carboxylic acids is 5. The second-order valence-corrected chi connectivity index (χ2v) is 36.2. The van der Waals surface area contributed by atoms with Crippen LogP contribution in [-0.2, 0) is 57.1 Å². The van der Waals surface area contributed by atoms with E-state index in [0.717, 1.165) is 213 Å². The second-order valence-electron chi connectivity index (χ2n) is 36.2. The van der Waals surface area contributed by atoms with Crippen molar-refractivity contribution in [3.8, 4) is 0 Å². The molecule has 0 amide bonds. The third kappa shape index (κ3) is 61.2. The number of ether oxygens (including phenoxy) is 7. The van der Waals surface area contributed by atoms with E-state index in [1.807, 2.05) is 19.0 Å². The lowest BCUT2D eigenvalue weighted by molar-refractivity contribution is -0.181. The number of hydrogen-bond donors (Lipinski definition) is 0. The van der Waals surface area contributed by atoms with Crippen molar-refractivity contribution in [2.75, 3.05) is 93.4 Å². The van der Waals surface area contributed by atoms with Crippen molar-refractivity contribution in [2.45, 2.75) is 471 Å². The van der Waals surface area contributed by atoms with Gasteiger partial charge in [-0.3, -0.25) is 33.8 Å². The highest BCUT2D eigenvalue weighted by molar-refractivity contribution is 5.72. The molecule has 113 heavy (non-hydrogen) atoms. The van der Waals surface area contributed by atoms with Crippen LogP contribution in [0.2, 0.25) is 0 Å². The molecule has 2 heterocycles. The average Bonchev–Trinajstić information content (AvgIpc) is 1.68. The third-order valence-electron chi connectivity index (χ3n) is 25.2. The minimum Gasteiger partial charge on any atom is -0.466 e. The summed E-state index contributed by atoms with van der Waals surface area (Å²) >= 11 is 0. The molecule has 0 aromatic carbocycles. The molecule has 666 valence electrons. The Balaban J connectivity index is 1.74. The van der Waals surface area contributed by atoms with Gasteiger partial charge in [-0.05, 0) is 153 Å². The van der Waals surface area contributed by atoms with Gasteiger partial charge in [0.2, 0.25) is 0 Å². The first kappa shape index (κ1) is 106. The standard InChI is InChI=1S/C98H187N3O12/c1-12-19-37-54-86(55-38-20-13-2)67-77-107-93(102)63-45-30-26-25-29-43-61-91(112-97(106)83-99(9)10)62-44-33-34-48-66-95(104)109-79-69-88(58-41-23-16-5)60-51-53-85(8)90(52-18-7)81-89(59-42-24-17-6)70-80-110-96(105)65-47-32-28-36-50-72-98(111-84-92(113-98)82-101-75-73-100(11)74-76-101)71-49-35-27-31-46-64-94(103)108-78-68-87(56-39-21-14-3)57-40-22-15-4/h85-92H,12-84H2,1-11H3. The van der Waals surface area contributed by atoms with E-state index in [4.69, 9.17) is 33.2 Å². The second kappa shape index (κ2) is 74.2. The van der Waals surface area contributed by atoms with E-state index in [1.54, 1.807) is 0 Å². The summed E-state index contributed by atoms with van der Waals surface area (Å²) in [4.78, 5) is 71.1. The van der Waals surface area contributed by atoms with Gasteiger partial charge in [0, 0.05) is 71.2 Å². The molecule has 7 atom stereocenters. The molecule has 0 N–H and O–H groups in total. The molecule has 0 spiro atoms. The minimum absolute atomic E-state index is 0.0250. The summed E-state index contributed by atoms with van der Waals surface area (Å²) in [5, 5.41) is 0. The van der Waals surface area contributed by atoms with Crippen molar-refractivity contribution < 1.29 is 57.1 Å². The average molecular weight is 1600 g/mol. The van der Waals surface area contributed by atoms with Gasteiger partial charge in [0.1, 0.15) is 6.10 Å². The van der Waals surface area contributed by atoms with Gasteiger partial charge in [0.25, 0.3) is 0 Å². The fourth-order valence-corrected chi connectivity index (χ4v) is 17.7. The van der Waals surface area contributed by atoms with Crippen molar-refractivity contribution in [2.24, 2.45) is 35.5 Å². The molecule has 15 nitrogen and oxygen atoms in total. The van der Waals surface area contributed by atoms with E-state index in [-0.39, 0.29) is 48.6 Å². The SMILES string of the molecule is CCCCCC(CCCCC)CCOC(=O)CCCCCCCCC(CCCCCCC(=O)OCCC(CCCCC)CCCC(C)C(CCC)CC(CCCCC)CCOC(=O)CCCCCCCC1(CCCCCCCC(=O)OCCC(CCCCC)CCCCC)OCC(CN2CCN(C)CC2)O1)OC(=O)CN(C)C. The van der Waals surface area contributed by atoms with E-state index < -0.39 is 5.79 Å². The normalized spacial score (nSPS) is 17.0. The summed E-state index contributed by atoms with van der Waals surface area (Å²) in [6, 6.07) is 0. The Morgan fingerprint density at radius 3 is 1.08 bits per heavy atom. The molecular weight excluding hydrogens is 1410 g/mol. The zero-order valence-electron chi connectivity index (χ0n) is 76.5. The fourth-order valence-electron chi connectivity index (χ4n) is 17.7. The van der Waals surface area contributed by atoms with Crippen LogP contribution >= 0.6 is 0 Å². The molecule has 2 rings (SSSR count). The van der Waals surface area contributed by atoms with Crippen molar-refractivity contribution in [3.05, 3.63) is 0 Å². The molecular formula is C98H187N3O12. The smallest absolute Gasteiger partial charge is 0.320 e. The molecule has 0 saturated carbocycles. The van der Waals surface area contributed by atoms with Crippen LogP contribution in [0.15, 0.2) is 0 Å². The van der Waals surface area contributed by atoms with Crippen LogP contribution in [0.3, 0.4) is 0 Å². The molecule has 2 saturated heterocycles. The first-order valence-electron chi connectivity index (χ1n) is 49.2. The number of nitrogens with zero attached hydrogens (tertiary/aromatic N) is 3. The van der Waals surface area contributed by atoms with Crippen LogP contribution in [0.5, 0.6) is 0 Å². The topological polar surface area (TPSA) is 160 Å². The fraction of sp³-hybridized carbons (Fsp3) is 0.949.